The van der Waals surface area contributed by atoms with Crippen LogP contribution < -0.4 is 5.32 Å². The summed E-state index contributed by atoms with van der Waals surface area (Å²) in [5, 5.41) is 7.32. The Hall–Kier alpha value is -2.79. The molecule has 1 aromatic carbocycles. The summed E-state index contributed by atoms with van der Waals surface area (Å²) in [5.41, 5.74) is 0.576. The van der Waals surface area contributed by atoms with E-state index in [0.29, 0.717) is 17.5 Å². The smallest absolute Gasteiger partial charge is 0.288 e. The highest BCUT2D eigenvalue weighted by Crippen LogP contribution is 2.34. The lowest BCUT2D eigenvalue weighted by atomic mass is 10.2. The Bertz CT molecular complexity index is 1230. The molecule has 0 spiro atoms. The van der Waals surface area contributed by atoms with Gasteiger partial charge in [-0.2, -0.15) is 13.2 Å². The van der Waals surface area contributed by atoms with E-state index in [4.69, 9.17) is 0 Å². The molecule has 0 aliphatic carbocycles. The third-order valence-electron chi connectivity index (χ3n) is 4.32. The summed E-state index contributed by atoms with van der Waals surface area (Å²) < 4.78 is 41.2. The van der Waals surface area contributed by atoms with Gasteiger partial charge in [0.25, 0.3) is 5.91 Å². The number of halogens is 4. The van der Waals surface area contributed by atoms with Crippen molar-refractivity contribution in [2.24, 2.45) is 0 Å². The summed E-state index contributed by atoms with van der Waals surface area (Å²) in [6.45, 7) is 2.14. The Morgan fingerprint density at radius 1 is 1.20 bits per heavy atom. The number of fused-ring (bicyclic) bond motifs is 1. The Morgan fingerprint density at radius 3 is 2.63 bits per heavy atom. The molecule has 0 unspecified atom stereocenters. The van der Waals surface area contributed by atoms with Gasteiger partial charge in [-0.1, -0.05) is 28.1 Å². The maximum absolute atomic E-state index is 12.9. The van der Waals surface area contributed by atoms with Crippen LogP contribution in [0.25, 0.3) is 10.2 Å². The summed E-state index contributed by atoms with van der Waals surface area (Å²) in [6.07, 6.45) is -3.05. The molecule has 0 radical (unpaired) electrons. The Balaban J connectivity index is 1.52. The lowest BCUT2D eigenvalue weighted by Crippen LogP contribution is -2.13. The number of anilines is 1. The second kappa shape index (κ2) is 7.80. The molecule has 0 saturated carbocycles. The molecule has 1 N–H and O–H groups in total. The van der Waals surface area contributed by atoms with Crippen molar-refractivity contribution >= 4 is 49.3 Å². The molecule has 11 heteroatoms. The predicted octanol–water partition coefficient (Wildman–Crippen LogP) is 5.28. The molecule has 0 aliphatic rings. The molecule has 0 saturated heterocycles. The van der Waals surface area contributed by atoms with Gasteiger partial charge in [-0.05, 0) is 42.3 Å². The van der Waals surface area contributed by atoms with Crippen molar-refractivity contribution in [2.75, 3.05) is 5.32 Å². The fraction of sp³-hybridized carbons (Fsp3) is 0.158. The van der Waals surface area contributed by atoms with Gasteiger partial charge in [0.05, 0.1) is 11.4 Å². The molecule has 154 valence electrons. The highest BCUT2D eigenvalue weighted by Gasteiger charge is 2.33. The first-order chi connectivity index (χ1) is 14.2. The quantitative estimate of drug-likeness (QED) is 0.418. The first-order valence-corrected chi connectivity index (χ1v) is 10.2. The number of carbonyl (C=O) groups excluding carboxylic acids is 1. The number of amides is 1. The highest BCUT2D eigenvalue weighted by molar-refractivity contribution is 9.10. The fourth-order valence-corrected chi connectivity index (χ4v) is 4.18. The van der Waals surface area contributed by atoms with E-state index in [1.807, 2.05) is 24.3 Å². The number of aryl methyl sites for hydroxylation is 1. The number of thiophene rings is 1. The zero-order valence-electron chi connectivity index (χ0n) is 15.4. The summed E-state index contributed by atoms with van der Waals surface area (Å²) in [5.74, 6) is -0.386. The maximum atomic E-state index is 12.9. The van der Waals surface area contributed by atoms with Gasteiger partial charge in [0, 0.05) is 9.86 Å². The molecular formula is C19H13BrF3N5OS. The normalized spacial score (nSPS) is 11.8. The van der Waals surface area contributed by atoms with Gasteiger partial charge in [0.2, 0.25) is 5.95 Å². The number of carbonyl (C=O) groups is 1. The van der Waals surface area contributed by atoms with Gasteiger partial charge >= 0.3 is 6.18 Å². The van der Waals surface area contributed by atoms with Gasteiger partial charge < -0.3 is 0 Å². The maximum Gasteiger partial charge on any atom is 0.433 e. The fourth-order valence-electron chi connectivity index (χ4n) is 2.84. The molecule has 1 amide bonds. The minimum atomic E-state index is -4.54. The summed E-state index contributed by atoms with van der Waals surface area (Å²) in [6, 6.07) is 9.95. The van der Waals surface area contributed by atoms with Crippen LogP contribution in [0.1, 0.15) is 26.5 Å². The van der Waals surface area contributed by atoms with Crippen LogP contribution in [0.5, 0.6) is 0 Å². The first kappa shape index (κ1) is 20.5. The van der Waals surface area contributed by atoms with Crippen LogP contribution >= 0.6 is 27.3 Å². The molecular weight excluding hydrogens is 483 g/mol. The minimum absolute atomic E-state index is 0.109. The van der Waals surface area contributed by atoms with Crippen molar-refractivity contribution < 1.29 is 18.0 Å². The number of hydrogen-bond acceptors (Lipinski definition) is 5. The van der Waals surface area contributed by atoms with E-state index in [9.17, 15) is 18.0 Å². The third-order valence-corrected chi connectivity index (χ3v) is 6.05. The van der Waals surface area contributed by atoms with Crippen molar-refractivity contribution in [2.45, 2.75) is 19.6 Å². The van der Waals surface area contributed by atoms with E-state index in [1.54, 1.807) is 11.6 Å². The number of nitrogens with one attached hydrogen (secondary N) is 1. The van der Waals surface area contributed by atoms with Crippen molar-refractivity contribution in [3.05, 3.63) is 68.9 Å². The summed E-state index contributed by atoms with van der Waals surface area (Å²) >= 11 is 4.28. The second-order valence-corrected chi connectivity index (χ2v) is 8.36. The van der Waals surface area contributed by atoms with E-state index in [0.717, 1.165) is 27.4 Å². The number of rotatable bonds is 4. The highest BCUT2D eigenvalue weighted by atomic mass is 79.9. The van der Waals surface area contributed by atoms with Crippen LogP contribution in [0.4, 0.5) is 19.1 Å². The number of benzene rings is 1. The summed E-state index contributed by atoms with van der Waals surface area (Å²) in [7, 11) is 0. The van der Waals surface area contributed by atoms with Crippen LogP contribution in [-0.4, -0.2) is 25.7 Å². The topological polar surface area (TPSA) is 72.7 Å². The average Bonchev–Trinajstić information content (AvgIpc) is 3.27. The molecule has 4 rings (SSSR count). The molecule has 0 fully saturated rings. The number of alkyl halides is 3. The lowest BCUT2D eigenvalue weighted by Gasteiger charge is -2.04. The zero-order chi connectivity index (χ0) is 21.5. The molecule has 0 atom stereocenters. The average molecular weight is 496 g/mol. The van der Waals surface area contributed by atoms with Crippen LogP contribution in [0.2, 0.25) is 0 Å². The van der Waals surface area contributed by atoms with Crippen molar-refractivity contribution in [1.82, 2.24) is 19.7 Å². The lowest BCUT2D eigenvalue weighted by molar-refractivity contribution is -0.140. The van der Waals surface area contributed by atoms with Crippen molar-refractivity contribution in [1.29, 1.82) is 0 Å². The third kappa shape index (κ3) is 4.21. The molecule has 4 aromatic rings. The van der Waals surface area contributed by atoms with Crippen LogP contribution in [0.3, 0.4) is 0 Å². The molecule has 3 heterocycles. The van der Waals surface area contributed by atoms with E-state index < -0.39 is 17.8 Å². The number of nitrogens with zero attached hydrogens (tertiary/aromatic N) is 4. The van der Waals surface area contributed by atoms with Crippen molar-refractivity contribution in [3.63, 3.8) is 0 Å². The second-order valence-electron chi connectivity index (χ2n) is 6.45. The van der Waals surface area contributed by atoms with Gasteiger partial charge in [0.15, 0.2) is 0 Å². The molecule has 3 aromatic heterocycles. The van der Waals surface area contributed by atoms with Gasteiger partial charge in [-0.3, -0.25) is 10.1 Å². The van der Waals surface area contributed by atoms with Crippen molar-refractivity contribution in [3.8, 4) is 0 Å². The first-order valence-electron chi connectivity index (χ1n) is 8.63. The molecule has 0 aliphatic heterocycles. The molecule has 6 nitrogen and oxygen atoms in total. The summed E-state index contributed by atoms with van der Waals surface area (Å²) in [4.78, 5) is 20.8. The van der Waals surface area contributed by atoms with E-state index in [-0.39, 0.29) is 15.7 Å². The number of aromatic nitrogens is 4. The van der Waals surface area contributed by atoms with Gasteiger partial charge in [0.1, 0.15) is 16.9 Å². The Kier molecular flexibility index (Phi) is 5.33. The minimum Gasteiger partial charge on any atom is -0.288 e. The molecule has 30 heavy (non-hydrogen) atoms. The van der Waals surface area contributed by atoms with Gasteiger partial charge in [-0.25, -0.2) is 14.6 Å². The van der Waals surface area contributed by atoms with E-state index in [1.165, 1.54) is 12.4 Å². The van der Waals surface area contributed by atoms with E-state index in [2.05, 4.69) is 36.3 Å². The van der Waals surface area contributed by atoms with E-state index >= 15 is 0 Å². The SMILES string of the molecule is Cc1c(C(=O)Nc2ncn(Cc3ccc(Br)cc3)n2)sc2nc(C(F)(F)F)ccc12. The van der Waals surface area contributed by atoms with Crippen LogP contribution in [0.15, 0.2) is 47.2 Å². The number of pyridine rings is 1. The zero-order valence-corrected chi connectivity index (χ0v) is 17.8. The Labute approximate surface area is 180 Å². The standard InChI is InChI=1S/C19H13BrF3N5OS/c1-10-13-6-7-14(19(21,22)23)25-17(13)30-15(10)16(29)26-18-24-9-28(27-18)8-11-2-4-12(20)5-3-11/h2-7,9H,8H2,1H3,(H,26,27,29). The van der Waals surface area contributed by atoms with Crippen LogP contribution in [0, 0.1) is 6.92 Å². The number of hydrogen-bond donors (Lipinski definition) is 1. The molecule has 0 bridgehead atoms. The Morgan fingerprint density at radius 2 is 1.93 bits per heavy atom. The monoisotopic (exact) mass is 495 g/mol. The van der Waals surface area contributed by atoms with Gasteiger partial charge in [-0.15, -0.1) is 16.4 Å². The predicted molar refractivity (Wildman–Crippen MR) is 111 cm³/mol. The van der Waals surface area contributed by atoms with Crippen LogP contribution in [-0.2, 0) is 12.7 Å². The largest absolute Gasteiger partial charge is 0.433 e.